The van der Waals surface area contributed by atoms with Gasteiger partial charge >= 0.3 is 5.97 Å². The monoisotopic (exact) mass is 521 g/mol. The summed E-state index contributed by atoms with van der Waals surface area (Å²) in [4.78, 5) is 9.78. The van der Waals surface area contributed by atoms with Crippen molar-refractivity contribution in [2.75, 3.05) is 0 Å². The van der Waals surface area contributed by atoms with Gasteiger partial charge in [-0.3, -0.25) is 9.11 Å². The second kappa shape index (κ2) is 12.5. The van der Waals surface area contributed by atoms with Gasteiger partial charge in [0.05, 0.1) is 10.5 Å². The Morgan fingerprint density at radius 3 is 1.97 bits per heavy atom. The van der Waals surface area contributed by atoms with Crippen LogP contribution in [0.15, 0.2) is 68.6 Å². The zero-order valence-corrected chi connectivity index (χ0v) is 25.3. The molecule has 33 heavy (non-hydrogen) atoms. The molecule has 0 aliphatic heterocycles. The van der Waals surface area contributed by atoms with Crippen LogP contribution in [0, 0.1) is 0 Å². The minimum Gasteiger partial charge on any atom is -0.505 e. The number of nitrogens with zero attached hydrogens (tertiary/aromatic N) is 2. The van der Waals surface area contributed by atoms with Gasteiger partial charge in [-0.05, 0) is 41.8 Å². The zero-order chi connectivity index (χ0) is 22.3. The first-order valence-corrected chi connectivity index (χ1v) is 10.8. The number of fused-ring (bicyclic) bond motifs is 1. The Morgan fingerprint density at radius 1 is 0.818 bits per heavy atom. The molecule has 0 spiro atoms. The fourth-order valence-corrected chi connectivity index (χ4v) is 3.80. The van der Waals surface area contributed by atoms with Crippen LogP contribution >= 0.6 is 0 Å². The van der Waals surface area contributed by atoms with Crippen molar-refractivity contribution >= 4 is 137 Å². The third-order valence-electron chi connectivity index (χ3n) is 3.99. The van der Waals surface area contributed by atoms with E-state index in [4.69, 9.17) is 4.55 Å². The van der Waals surface area contributed by atoms with Gasteiger partial charge in [0.25, 0.3) is 20.2 Å². The van der Waals surface area contributed by atoms with Crippen LogP contribution in [0.5, 0.6) is 5.75 Å². The Labute approximate surface area is 254 Å². The standard InChI is InChI=1S/C17H12N2O9S2.3Na/c20-16-11-6-5-10(29(23,24)25)7-9(11)8-14(30(26,27)28)15(16)19-18-13-4-2-1-3-12(13)17(21)22;;;/h1-8,20H,(H,21,22)(H,23,24,25)(H,26,27,28);;;. The number of phenolic OH excluding ortho intramolecular Hbond substituents is 1. The summed E-state index contributed by atoms with van der Waals surface area (Å²) < 4.78 is 64.9. The third kappa shape index (κ3) is 7.54. The Bertz CT molecular complexity index is 1440. The predicted octanol–water partition coefficient (Wildman–Crippen LogP) is 2.01. The predicted molar refractivity (Wildman–Crippen MR) is 120 cm³/mol. The van der Waals surface area contributed by atoms with Gasteiger partial charge < -0.3 is 10.2 Å². The zero-order valence-electron chi connectivity index (χ0n) is 17.7. The molecule has 4 N–H and O–H groups in total. The molecule has 0 aliphatic carbocycles. The number of hydrogen-bond donors (Lipinski definition) is 4. The summed E-state index contributed by atoms with van der Waals surface area (Å²) in [5, 5.41) is 26.7. The molecule has 0 heterocycles. The van der Waals surface area contributed by atoms with E-state index < -0.39 is 47.4 Å². The molecule has 0 saturated heterocycles. The van der Waals surface area contributed by atoms with E-state index >= 15 is 0 Å². The normalized spacial score (nSPS) is 11.3. The van der Waals surface area contributed by atoms with Crippen LogP contribution in [-0.2, 0) is 20.2 Å². The molecule has 3 aromatic rings. The topological polar surface area (TPSA) is 191 Å². The molecule has 0 atom stereocenters. The molecule has 0 saturated carbocycles. The summed E-state index contributed by atoms with van der Waals surface area (Å²) in [7, 11) is -9.58. The molecule has 0 unspecified atom stereocenters. The molecular formula is C17H12N2Na3O9S2. The number of carbonyl (C=O) groups is 1. The minimum absolute atomic E-state index is 0. The molecule has 0 fully saturated rings. The van der Waals surface area contributed by atoms with Gasteiger partial charge in [-0.1, -0.05) is 12.1 Å². The summed E-state index contributed by atoms with van der Waals surface area (Å²) in [6, 6.07) is 9.19. The van der Waals surface area contributed by atoms with E-state index in [1.165, 1.54) is 24.3 Å². The van der Waals surface area contributed by atoms with Gasteiger partial charge in [-0.15, -0.1) is 10.2 Å². The first-order chi connectivity index (χ1) is 13.9. The number of phenols is 1. The molecular weight excluding hydrogens is 509 g/mol. The van der Waals surface area contributed by atoms with Crippen molar-refractivity contribution in [1.29, 1.82) is 0 Å². The van der Waals surface area contributed by atoms with Gasteiger partial charge in [0.2, 0.25) is 0 Å². The first kappa shape index (κ1) is 32.6. The van der Waals surface area contributed by atoms with Crippen LogP contribution in [0.4, 0.5) is 11.4 Å². The fraction of sp³-hybridized carbons (Fsp3) is 0. The number of hydrogen-bond acceptors (Lipinski definition) is 8. The Kier molecular flexibility index (Phi) is 12.4. The van der Waals surface area contributed by atoms with Gasteiger partial charge in [-0.2, -0.15) is 16.8 Å². The smallest absolute Gasteiger partial charge is 0.337 e. The third-order valence-corrected chi connectivity index (χ3v) is 5.71. The van der Waals surface area contributed by atoms with Crippen LogP contribution in [0.25, 0.3) is 10.8 Å². The van der Waals surface area contributed by atoms with Crippen LogP contribution in [0.1, 0.15) is 10.4 Å². The molecule has 0 aliphatic rings. The Balaban J connectivity index is 0.00000341. The van der Waals surface area contributed by atoms with E-state index in [1.807, 2.05) is 0 Å². The van der Waals surface area contributed by atoms with E-state index in [-0.39, 0.29) is 111 Å². The summed E-state index contributed by atoms with van der Waals surface area (Å²) >= 11 is 0. The van der Waals surface area contributed by atoms with Crippen LogP contribution < -0.4 is 0 Å². The summed E-state index contributed by atoms with van der Waals surface area (Å²) in [6.07, 6.45) is 0. The van der Waals surface area contributed by atoms with Crippen molar-refractivity contribution in [1.82, 2.24) is 0 Å². The van der Waals surface area contributed by atoms with Crippen molar-refractivity contribution < 1.29 is 40.9 Å². The number of aromatic hydroxyl groups is 1. The average Bonchev–Trinajstić information content (AvgIpc) is 2.65. The van der Waals surface area contributed by atoms with Crippen molar-refractivity contribution in [2.24, 2.45) is 10.2 Å². The molecule has 3 rings (SSSR count). The van der Waals surface area contributed by atoms with Gasteiger partial charge in [0, 0.05) is 94.1 Å². The number of benzene rings is 3. The van der Waals surface area contributed by atoms with E-state index in [1.54, 1.807) is 0 Å². The quantitative estimate of drug-likeness (QED) is 0.221. The first-order valence-electron chi connectivity index (χ1n) is 7.88. The SMILES string of the molecule is O=C(O)c1ccccc1N=Nc1c(S(=O)(=O)O)cc2cc(S(=O)(=O)O)ccc2c1O.[Na].[Na].[Na]. The molecule has 0 aromatic heterocycles. The van der Waals surface area contributed by atoms with Gasteiger partial charge in [0.1, 0.15) is 16.3 Å². The summed E-state index contributed by atoms with van der Waals surface area (Å²) in [5.41, 5.74) is -1.08. The molecule has 0 bridgehead atoms. The van der Waals surface area contributed by atoms with Gasteiger partial charge in [0.15, 0.2) is 5.75 Å². The Morgan fingerprint density at radius 2 is 1.42 bits per heavy atom. The molecule has 3 aromatic carbocycles. The molecule has 3 radical (unpaired) electrons. The van der Waals surface area contributed by atoms with Crippen LogP contribution in [0.3, 0.4) is 0 Å². The fourth-order valence-electron chi connectivity index (χ4n) is 2.63. The second-order valence-corrected chi connectivity index (χ2v) is 8.74. The maximum Gasteiger partial charge on any atom is 0.337 e. The van der Waals surface area contributed by atoms with E-state index in [0.717, 1.165) is 24.3 Å². The molecule has 0 amide bonds. The van der Waals surface area contributed by atoms with E-state index in [9.17, 15) is 36.4 Å². The Hall–Kier alpha value is -0.390. The van der Waals surface area contributed by atoms with Crippen molar-refractivity contribution in [3.63, 3.8) is 0 Å². The molecule has 159 valence electrons. The molecule has 16 heteroatoms. The van der Waals surface area contributed by atoms with Crippen LogP contribution in [0.2, 0.25) is 0 Å². The summed E-state index contributed by atoms with van der Waals surface area (Å²) in [6.45, 7) is 0. The van der Waals surface area contributed by atoms with Crippen molar-refractivity contribution in [2.45, 2.75) is 9.79 Å². The van der Waals surface area contributed by atoms with E-state index in [2.05, 4.69) is 10.2 Å². The number of carboxylic acids is 1. The largest absolute Gasteiger partial charge is 0.505 e. The van der Waals surface area contributed by atoms with Crippen molar-refractivity contribution in [3.8, 4) is 5.75 Å². The number of azo groups is 1. The van der Waals surface area contributed by atoms with E-state index in [0.29, 0.717) is 0 Å². The number of carboxylic acid groups (broad SMARTS) is 1. The minimum atomic E-state index is -4.97. The number of aromatic carboxylic acids is 1. The maximum absolute atomic E-state index is 11.8. The maximum atomic E-state index is 11.8. The van der Waals surface area contributed by atoms with Crippen molar-refractivity contribution in [3.05, 3.63) is 54.1 Å². The van der Waals surface area contributed by atoms with Gasteiger partial charge in [-0.25, -0.2) is 4.79 Å². The average molecular weight is 521 g/mol. The van der Waals surface area contributed by atoms with Crippen LogP contribution in [-0.4, -0.2) is 131 Å². The second-order valence-electron chi connectivity index (χ2n) is 5.93. The number of rotatable bonds is 5. The molecule has 11 nitrogen and oxygen atoms in total. The summed E-state index contributed by atoms with van der Waals surface area (Å²) in [5.74, 6) is -2.08.